The van der Waals surface area contributed by atoms with Crippen LogP contribution in [0.3, 0.4) is 0 Å². The van der Waals surface area contributed by atoms with E-state index in [1.165, 1.54) is 25.1 Å². The van der Waals surface area contributed by atoms with Crippen LogP contribution in [0, 0.1) is 17.6 Å². The van der Waals surface area contributed by atoms with Crippen LogP contribution in [0.15, 0.2) is 30.3 Å². The van der Waals surface area contributed by atoms with Gasteiger partial charge in [0.1, 0.15) is 17.6 Å². The molecule has 1 unspecified atom stereocenters. The molecule has 178 valence electrons. The highest BCUT2D eigenvalue weighted by Gasteiger charge is 2.65. The molecular formula is C21H20F5N3O4. The van der Waals surface area contributed by atoms with E-state index in [0.29, 0.717) is 0 Å². The lowest BCUT2D eigenvalue weighted by Gasteiger charge is -2.32. The molecule has 1 aromatic carbocycles. The number of nitrogens with two attached hydrogens (primary N) is 1. The molecule has 2 aromatic rings. The van der Waals surface area contributed by atoms with E-state index >= 15 is 0 Å². The summed E-state index contributed by atoms with van der Waals surface area (Å²) < 4.78 is 80.0. The molecule has 4 atom stereocenters. The van der Waals surface area contributed by atoms with Crippen LogP contribution in [0.2, 0.25) is 0 Å². The highest BCUT2D eigenvalue weighted by atomic mass is 19.4. The zero-order valence-electron chi connectivity index (χ0n) is 17.7. The molecule has 33 heavy (non-hydrogen) atoms. The maximum Gasteiger partial charge on any atom is 0.417 e. The molecule has 0 aliphatic carbocycles. The molecule has 0 bridgehead atoms. The van der Waals surface area contributed by atoms with Crippen molar-refractivity contribution in [1.82, 2.24) is 4.98 Å². The summed E-state index contributed by atoms with van der Waals surface area (Å²) in [7, 11) is 1.03. The second-order valence-corrected chi connectivity index (χ2v) is 7.70. The normalized spacial score (nSPS) is 25.0. The number of halogens is 5. The standard InChI is InChI=1S/C21H20F5N3O4/c1-9-14(10-7-8-11(22)15(23)16(10)32-3)17(33-20(9,2)21(24,25)26)19(31)29-13-6-4-5-12(28-13)18(27)30/h4-9,14,17H,1-3H3,(H2,27,30)(H,28,29,31)/t9-,14?,17+,20+/m0/s1. The number of methoxy groups -OCH3 is 1. The monoisotopic (exact) mass is 473 g/mol. The lowest BCUT2D eigenvalue weighted by Crippen LogP contribution is -2.47. The van der Waals surface area contributed by atoms with E-state index in [4.69, 9.17) is 15.2 Å². The highest BCUT2D eigenvalue weighted by molar-refractivity contribution is 5.96. The molecule has 2 amide bonds. The number of pyridine rings is 1. The number of hydrogen-bond donors (Lipinski definition) is 2. The Morgan fingerprint density at radius 1 is 1.21 bits per heavy atom. The van der Waals surface area contributed by atoms with Gasteiger partial charge in [-0.2, -0.15) is 17.6 Å². The van der Waals surface area contributed by atoms with E-state index in [0.717, 1.165) is 26.2 Å². The molecule has 1 aliphatic heterocycles. The quantitative estimate of drug-likeness (QED) is 0.647. The average molecular weight is 473 g/mol. The van der Waals surface area contributed by atoms with Gasteiger partial charge in [0, 0.05) is 17.4 Å². The van der Waals surface area contributed by atoms with E-state index in [1.54, 1.807) is 0 Å². The third kappa shape index (κ3) is 4.22. The van der Waals surface area contributed by atoms with Gasteiger partial charge in [-0.15, -0.1) is 0 Å². The van der Waals surface area contributed by atoms with Crippen molar-refractivity contribution in [2.75, 3.05) is 12.4 Å². The number of carbonyl (C=O) groups excluding carboxylic acids is 2. The zero-order chi connectivity index (χ0) is 24.7. The number of carbonyl (C=O) groups is 2. The summed E-state index contributed by atoms with van der Waals surface area (Å²) in [6.07, 6.45) is -6.68. The third-order valence-electron chi connectivity index (χ3n) is 5.82. The first kappa shape index (κ1) is 24.4. The molecule has 1 saturated heterocycles. The Hall–Kier alpha value is -3.28. The number of primary amides is 1. The molecular weight excluding hydrogens is 453 g/mol. The van der Waals surface area contributed by atoms with Gasteiger partial charge in [0.15, 0.2) is 17.2 Å². The van der Waals surface area contributed by atoms with Gasteiger partial charge in [0.05, 0.1) is 7.11 Å². The van der Waals surface area contributed by atoms with Crippen LogP contribution < -0.4 is 15.8 Å². The summed E-state index contributed by atoms with van der Waals surface area (Å²) in [5.41, 5.74) is 2.00. The Kier molecular flexibility index (Phi) is 6.33. The van der Waals surface area contributed by atoms with Crippen LogP contribution in [0.4, 0.5) is 27.8 Å². The second-order valence-electron chi connectivity index (χ2n) is 7.70. The van der Waals surface area contributed by atoms with Crippen molar-refractivity contribution >= 4 is 17.6 Å². The molecule has 0 radical (unpaired) electrons. The third-order valence-corrected chi connectivity index (χ3v) is 5.82. The first-order valence-corrected chi connectivity index (χ1v) is 9.66. The topological polar surface area (TPSA) is 104 Å². The van der Waals surface area contributed by atoms with E-state index in [2.05, 4.69) is 10.3 Å². The van der Waals surface area contributed by atoms with Crippen molar-refractivity contribution < 1.29 is 41.0 Å². The van der Waals surface area contributed by atoms with E-state index in [9.17, 15) is 31.5 Å². The van der Waals surface area contributed by atoms with Crippen molar-refractivity contribution in [2.24, 2.45) is 11.7 Å². The Morgan fingerprint density at radius 2 is 1.88 bits per heavy atom. The first-order chi connectivity index (χ1) is 15.3. The van der Waals surface area contributed by atoms with Crippen molar-refractivity contribution in [3.05, 3.63) is 53.2 Å². The molecule has 1 fully saturated rings. The molecule has 2 heterocycles. The minimum atomic E-state index is -4.89. The van der Waals surface area contributed by atoms with Crippen molar-refractivity contribution in [3.63, 3.8) is 0 Å². The lowest BCUT2D eigenvalue weighted by molar-refractivity contribution is -0.272. The van der Waals surface area contributed by atoms with Gasteiger partial charge in [-0.05, 0) is 25.1 Å². The van der Waals surface area contributed by atoms with Crippen LogP contribution in [0.5, 0.6) is 5.75 Å². The largest absolute Gasteiger partial charge is 0.493 e. The SMILES string of the molecule is COc1c(C2[C@H](C(=O)Nc3cccc(C(N)=O)n3)O[C@@](C)(C(F)(F)F)[C@H]2C)ccc(F)c1F. The van der Waals surface area contributed by atoms with Crippen LogP contribution in [-0.2, 0) is 9.53 Å². The smallest absolute Gasteiger partial charge is 0.417 e. The molecule has 1 aromatic heterocycles. The van der Waals surface area contributed by atoms with Crippen LogP contribution in [-0.4, -0.2) is 41.8 Å². The van der Waals surface area contributed by atoms with Gasteiger partial charge in [-0.1, -0.05) is 19.1 Å². The summed E-state index contributed by atoms with van der Waals surface area (Å²) in [6.45, 7) is 1.97. The number of rotatable bonds is 5. The van der Waals surface area contributed by atoms with Gasteiger partial charge in [0.2, 0.25) is 5.82 Å². The zero-order valence-corrected chi connectivity index (χ0v) is 17.7. The van der Waals surface area contributed by atoms with Gasteiger partial charge in [0.25, 0.3) is 11.8 Å². The second kappa shape index (κ2) is 8.58. The number of ether oxygens (including phenoxy) is 2. The van der Waals surface area contributed by atoms with Gasteiger partial charge in [-0.3, -0.25) is 9.59 Å². The fourth-order valence-corrected chi connectivity index (χ4v) is 3.88. The number of benzene rings is 1. The Morgan fingerprint density at radius 3 is 2.45 bits per heavy atom. The Balaban J connectivity index is 2.07. The highest BCUT2D eigenvalue weighted by Crippen LogP contribution is 2.54. The maximum atomic E-state index is 14.3. The number of nitrogens with one attached hydrogen (secondary N) is 1. The average Bonchev–Trinajstić information content (AvgIpc) is 3.02. The fourth-order valence-electron chi connectivity index (χ4n) is 3.88. The summed E-state index contributed by atoms with van der Waals surface area (Å²) in [5, 5.41) is 2.29. The fraction of sp³-hybridized carbons (Fsp3) is 0.381. The molecule has 3 N–H and O–H groups in total. The van der Waals surface area contributed by atoms with Gasteiger partial charge >= 0.3 is 6.18 Å². The molecule has 3 rings (SSSR count). The number of nitrogens with zero attached hydrogens (tertiary/aromatic N) is 1. The van der Waals surface area contributed by atoms with Crippen molar-refractivity contribution in [1.29, 1.82) is 0 Å². The van der Waals surface area contributed by atoms with Crippen LogP contribution >= 0.6 is 0 Å². The summed E-state index contributed by atoms with van der Waals surface area (Å²) >= 11 is 0. The van der Waals surface area contributed by atoms with Crippen molar-refractivity contribution in [3.8, 4) is 5.75 Å². The number of amides is 2. The summed E-state index contributed by atoms with van der Waals surface area (Å²) in [6, 6.07) is 5.71. The first-order valence-electron chi connectivity index (χ1n) is 9.66. The number of alkyl halides is 3. The van der Waals surface area contributed by atoms with E-state index < -0.39 is 58.9 Å². The number of anilines is 1. The minimum absolute atomic E-state index is 0.163. The molecule has 1 aliphatic rings. The number of hydrogen-bond acceptors (Lipinski definition) is 5. The van der Waals surface area contributed by atoms with Crippen LogP contribution in [0.25, 0.3) is 0 Å². The molecule has 12 heteroatoms. The summed E-state index contributed by atoms with van der Waals surface area (Å²) in [4.78, 5) is 28.2. The molecule has 0 spiro atoms. The van der Waals surface area contributed by atoms with Crippen LogP contribution in [0.1, 0.15) is 35.8 Å². The maximum absolute atomic E-state index is 14.3. The summed E-state index contributed by atoms with van der Waals surface area (Å²) in [5.74, 6) is -8.17. The predicted molar refractivity (Wildman–Crippen MR) is 106 cm³/mol. The predicted octanol–water partition coefficient (Wildman–Crippen LogP) is 3.55. The lowest BCUT2D eigenvalue weighted by atomic mass is 9.77. The molecule has 0 saturated carbocycles. The number of aromatic nitrogens is 1. The Bertz CT molecular complexity index is 1090. The minimum Gasteiger partial charge on any atom is -0.493 e. The molecule has 7 nitrogen and oxygen atoms in total. The van der Waals surface area contributed by atoms with Gasteiger partial charge < -0.3 is 20.5 Å². The van der Waals surface area contributed by atoms with E-state index in [1.807, 2.05) is 0 Å². The van der Waals surface area contributed by atoms with Crippen molar-refractivity contribution in [2.45, 2.75) is 37.6 Å². The van der Waals surface area contributed by atoms with Gasteiger partial charge in [-0.25, -0.2) is 9.37 Å². The Labute approximate surface area is 185 Å². The van der Waals surface area contributed by atoms with E-state index in [-0.39, 0.29) is 17.1 Å².